The molecule has 1 aliphatic heterocycles. The lowest BCUT2D eigenvalue weighted by Crippen LogP contribution is -2.31. The van der Waals surface area contributed by atoms with Gasteiger partial charge in [-0.2, -0.15) is 0 Å². The summed E-state index contributed by atoms with van der Waals surface area (Å²) in [7, 11) is 0. The number of anilines is 2. The van der Waals surface area contributed by atoms with Crippen LogP contribution in [0, 0.1) is 6.92 Å². The number of aromatic nitrogens is 1. The summed E-state index contributed by atoms with van der Waals surface area (Å²) in [6, 6.07) is 16.1. The van der Waals surface area contributed by atoms with Crippen molar-refractivity contribution < 1.29 is 18.8 Å². The first-order chi connectivity index (χ1) is 15.5. The number of fused-ring (bicyclic) bond motifs is 1. The van der Waals surface area contributed by atoms with Gasteiger partial charge >= 0.3 is 0 Å². The third-order valence-electron chi connectivity index (χ3n) is 5.38. The summed E-state index contributed by atoms with van der Waals surface area (Å²) in [5, 5.41) is 0.550. The second-order valence-electron chi connectivity index (χ2n) is 7.56. The molecule has 0 radical (unpaired) electrons. The van der Waals surface area contributed by atoms with Crippen molar-refractivity contribution in [3.63, 3.8) is 0 Å². The lowest BCUT2D eigenvalue weighted by Gasteiger charge is -2.20. The SMILES string of the molecule is Cc1cccc2sc(N(Cc3ccco3)C(=O)c3cccc(N4C(=O)CCC4=O)c3)nc12. The number of carbonyl (C=O) groups is 3. The van der Waals surface area contributed by atoms with Crippen LogP contribution in [0.4, 0.5) is 10.8 Å². The molecule has 0 spiro atoms. The fraction of sp³-hybridized carbons (Fsp3) is 0.167. The van der Waals surface area contributed by atoms with E-state index in [4.69, 9.17) is 9.40 Å². The highest BCUT2D eigenvalue weighted by Crippen LogP contribution is 2.33. The molecule has 0 unspecified atom stereocenters. The second-order valence-corrected chi connectivity index (χ2v) is 8.57. The van der Waals surface area contributed by atoms with Crippen molar-refractivity contribution in [2.24, 2.45) is 0 Å². The summed E-state index contributed by atoms with van der Waals surface area (Å²) in [5.41, 5.74) is 2.65. The molecule has 0 aliphatic carbocycles. The Kier molecular flexibility index (Phi) is 5.07. The van der Waals surface area contributed by atoms with Crippen molar-refractivity contribution in [2.75, 3.05) is 9.80 Å². The molecule has 0 saturated carbocycles. The zero-order valence-electron chi connectivity index (χ0n) is 17.3. The molecule has 0 bridgehead atoms. The van der Waals surface area contributed by atoms with Crippen LogP contribution in [-0.2, 0) is 16.1 Å². The van der Waals surface area contributed by atoms with Crippen molar-refractivity contribution in [1.82, 2.24) is 4.98 Å². The average molecular weight is 446 g/mol. The highest BCUT2D eigenvalue weighted by atomic mass is 32.1. The van der Waals surface area contributed by atoms with Crippen molar-refractivity contribution >= 4 is 50.1 Å². The van der Waals surface area contributed by atoms with Crippen LogP contribution in [-0.4, -0.2) is 22.7 Å². The quantitative estimate of drug-likeness (QED) is 0.416. The molecule has 7 nitrogen and oxygen atoms in total. The maximum Gasteiger partial charge on any atom is 0.260 e. The third-order valence-corrected chi connectivity index (χ3v) is 6.43. The predicted molar refractivity (Wildman–Crippen MR) is 122 cm³/mol. The third kappa shape index (κ3) is 3.58. The fourth-order valence-electron chi connectivity index (χ4n) is 3.77. The van der Waals surface area contributed by atoms with Gasteiger partial charge in [0.05, 0.1) is 28.7 Å². The molecular weight excluding hydrogens is 426 g/mol. The van der Waals surface area contributed by atoms with Gasteiger partial charge in [-0.15, -0.1) is 0 Å². The van der Waals surface area contributed by atoms with Crippen molar-refractivity contribution in [3.05, 3.63) is 77.7 Å². The number of amides is 3. The molecule has 160 valence electrons. The first-order valence-corrected chi connectivity index (χ1v) is 11.0. The highest BCUT2D eigenvalue weighted by molar-refractivity contribution is 7.22. The number of hydrogen-bond acceptors (Lipinski definition) is 6. The second kappa shape index (κ2) is 8.05. The Morgan fingerprint density at radius 3 is 2.59 bits per heavy atom. The van der Waals surface area contributed by atoms with Crippen LogP contribution in [0.2, 0.25) is 0 Å². The molecular formula is C24H19N3O4S. The van der Waals surface area contributed by atoms with E-state index in [-0.39, 0.29) is 37.1 Å². The summed E-state index contributed by atoms with van der Waals surface area (Å²) in [4.78, 5) is 45.4. The highest BCUT2D eigenvalue weighted by Gasteiger charge is 2.31. The summed E-state index contributed by atoms with van der Waals surface area (Å²) in [6.07, 6.45) is 1.94. The molecule has 8 heteroatoms. The Hall–Kier alpha value is -3.78. The van der Waals surface area contributed by atoms with E-state index in [1.165, 1.54) is 11.3 Å². The van der Waals surface area contributed by atoms with Crippen LogP contribution in [0.25, 0.3) is 10.2 Å². The topological polar surface area (TPSA) is 83.7 Å². The van der Waals surface area contributed by atoms with Gasteiger partial charge in [-0.1, -0.05) is 29.5 Å². The molecule has 2 aromatic heterocycles. The van der Waals surface area contributed by atoms with Crippen molar-refractivity contribution in [1.29, 1.82) is 0 Å². The Morgan fingerprint density at radius 2 is 1.88 bits per heavy atom. The zero-order chi connectivity index (χ0) is 22.2. The maximum atomic E-state index is 13.6. The molecule has 1 aliphatic rings. The van der Waals surface area contributed by atoms with Gasteiger partial charge in [-0.05, 0) is 48.9 Å². The van der Waals surface area contributed by atoms with Crippen molar-refractivity contribution in [3.8, 4) is 0 Å². The fourth-order valence-corrected chi connectivity index (χ4v) is 4.81. The summed E-state index contributed by atoms with van der Waals surface area (Å²) < 4.78 is 6.47. The lowest BCUT2D eigenvalue weighted by molar-refractivity contribution is -0.121. The van der Waals surface area contributed by atoms with Crippen molar-refractivity contribution in [2.45, 2.75) is 26.3 Å². The number of benzene rings is 2. The minimum absolute atomic E-state index is 0.187. The zero-order valence-corrected chi connectivity index (χ0v) is 18.1. The largest absolute Gasteiger partial charge is 0.467 e. The molecule has 4 aromatic rings. The van der Waals surface area contributed by atoms with Gasteiger partial charge in [0.25, 0.3) is 5.91 Å². The predicted octanol–water partition coefficient (Wildman–Crippen LogP) is 4.70. The number of para-hydroxylation sites is 1. The van der Waals surface area contributed by atoms with Gasteiger partial charge in [0.15, 0.2) is 5.13 Å². The van der Waals surface area contributed by atoms with Gasteiger partial charge in [0.1, 0.15) is 5.76 Å². The van der Waals surface area contributed by atoms with E-state index in [0.29, 0.717) is 22.1 Å². The monoisotopic (exact) mass is 445 g/mol. The van der Waals surface area contributed by atoms with E-state index in [9.17, 15) is 14.4 Å². The number of imide groups is 1. The van der Waals surface area contributed by atoms with Gasteiger partial charge in [-0.25, -0.2) is 4.98 Å². The molecule has 3 heterocycles. The first kappa shape index (κ1) is 20.1. The molecule has 1 fully saturated rings. The van der Waals surface area contributed by atoms with Crippen LogP contribution in [0.15, 0.2) is 65.3 Å². The molecule has 32 heavy (non-hydrogen) atoms. The Balaban J connectivity index is 1.55. The van der Waals surface area contributed by atoms with E-state index in [1.807, 2.05) is 25.1 Å². The number of thiazole rings is 1. The first-order valence-electron chi connectivity index (χ1n) is 10.2. The van der Waals surface area contributed by atoms with E-state index in [2.05, 4.69) is 0 Å². The average Bonchev–Trinajstić information content (AvgIpc) is 3.52. The van der Waals surface area contributed by atoms with Crippen LogP contribution >= 0.6 is 11.3 Å². The molecule has 5 rings (SSSR count). The van der Waals surface area contributed by atoms with E-state index < -0.39 is 0 Å². The molecule has 0 N–H and O–H groups in total. The van der Waals surface area contributed by atoms with Gasteiger partial charge in [-0.3, -0.25) is 24.2 Å². The van der Waals surface area contributed by atoms with Crippen LogP contribution in [0.1, 0.15) is 34.5 Å². The van der Waals surface area contributed by atoms with Gasteiger partial charge in [0, 0.05) is 18.4 Å². The minimum atomic E-state index is -0.293. The summed E-state index contributed by atoms with van der Waals surface area (Å²) in [6.45, 7) is 2.19. The van der Waals surface area contributed by atoms with E-state index in [0.717, 1.165) is 20.7 Å². The van der Waals surface area contributed by atoms with E-state index >= 15 is 0 Å². The van der Waals surface area contributed by atoms with Crippen LogP contribution in [0.3, 0.4) is 0 Å². The van der Waals surface area contributed by atoms with Crippen LogP contribution < -0.4 is 9.80 Å². The number of furan rings is 1. The number of hydrogen-bond donors (Lipinski definition) is 0. The molecule has 3 amide bonds. The number of rotatable bonds is 5. The standard InChI is InChI=1S/C24H19N3O4S/c1-15-5-2-9-19-22(15)25-24(32-19)26(14-18-8-4-12-31-18)23(30)16-6-3-7-17(13-16)27-20(28)10-11-21(27)29/h2-9,12-13H,10-11,14H2,1H3. The Morgan fingerprint density at radius 1 is 1.09 bits per heavy atom. The normalized spacial score (nSPS) is 13.8. The number of aryl methyl sites for hydroxylation is 1. The lowest BCUT2D eigenvalue weighted by atomic mass is 10.1. The number of carbonyl (C=O) groups excluding carboxylic acids is 3. The molecule has 0 atom stereocenters. The van der Waals surface area contributed by atoms with Crippen LogP contribution in [0.5, 0.6) is 0 Å². The summed E-state index contributed by atoms with van der Waals surface area (Å²) >= 11 is 1.43. The Bertz CT molecular complexity index is 1330. The summed E-state index contributed by atoms with van der Waals surface area (Å²) in [5.74, 6) is -0.184. The minimum Gasteiger partial charge on any atom is -0.467 e. The number of nitrogens with zero attached hydrogens (tertiary/aromatic N) is 3. The maximum absolute atomic E-state index is 13.6. The molecule has 1 saturated heterocycles. The molecule has 2 aromatic carbocycles. The van der Waals surface area contributed by atoms with Gasteiger partial charge in [0.2, 0.25) is 11.8 Å². The Labute approximate surface area is 187 Å². The smallest absolute Gasteiger partial charge is 0.260 e. The van der Waals surface area contributed by atoms with E-state index in [1.54, 1.807) is 47.6 Å². The van der Waals surface area contributed by atoms with Gasteiger partial charge < -0.3 is 4.42 Å².